The van der Waals surface area contributed by atoms with E-state index in [2.05, 4.69) is 0 Å². The number of fused-ring (bicyclic) bond motifs is 1. The first-order valence-corrected chi connectivity index (χ1v) is 7.14. The number of carbonyl (C=O) groups excluding carboxylic acids is 3. The van der Waals surface area contributed by atoms with E-state index in [1.165, 1.54) is 0 Å². The van der Waals surface area contributed by atoms with Crippen LogP contribution in [-0.2, 0) is 4.79 Å². The number of imide groups is 1. The number of hydrogen-bond donors (Lipinski definition) is 0. The fraction of sp³-hybridized carbons (Fsp3) is 0.308. The van der Waals surface area contributed by atoms with E-state index in [4.69, 9.17) is 0 Å². The van der Waals surface area contributed by atoms with E-state index in [1.54, 1.807) is 40.9 Å². The van der Waals surface area contributed by atoms with Crippen molar-refractivity contribution in [1.29, 1.82) is 0 Å². The normalized spacial score (nSPS) is 18.1. The van der Waals surface area contributed by atoms with Gasteiger partial charge in [0.2, 0.25) is 5.91 Å². The molecule has 5 nitrogen and oxygen atoms in total. The summed E-state index contributed by atoms with van der Waals surface area (Å²) in [6.07, 6.45) is 0. The van der Waals surface area contributed by atoms with Crippen molar-refractivity contribution in [2.24, 2.45) is 0 Å². The van der Waals surface area contributed by atoms with Gasteiger partial charge in [-0.15, -0.1) is 11.8 Å². The van der Waals surface area contributed by atoms with Crippen LogP contribution in [0.1, 0.15) is 20.7 Å². The van der Waals surface area contributed by atoms with Crippen molar-refractivity contribution >= 4 is 29.5 Å². The summed E-state index contributed by atoms with van der Waals surface area (Å²) in [7, 11) is 0. The maximum Gasteiger partial charge on any atom is 0.262 e. The van der Waals surface area contributed by atoms with Crippen LogP contribution in [0.25, 0.3) is 0 Å². The van der Waals surface area contributed by atoms with Crippen molar-refractivity contribution in [3.05, 3.63) is 35.4 Å². The fourth-order valence-electron chi connectivity index (χ4n) is 2.23. The minimum absolute atomic E-state index is 0.160. The lowest BCUT2D eigenvalue weighted by Crippen LogP contribution is -2.41. The summed E-state index contributed by atoms with van der Waals surface area (Å²) in [4.78, 5) is 38.9. The van der Waals surface area contributed by atoms with Crippen molar-refractivity contribution in [3.8, 4) is 0 Å². The van der Waals surface area contributed by atoms with Crippen LogP contribution in [0.3, 0.4) is 0 Å². The molecule has 1 aromatic carbocycles. The molecule has 19 heavy (non-hydrogen) atoms. The van der Waals surface area contributed by atoms with Crippen LogP contribution in [0.5, 0.6) is 0 Å². The summed E-state index contributed by atoms with van der Waals surface area (Å²) < 4.78 is 0. The summed E-state index contributed by atoms with van der Waals surface area (Å²) in [5.41, 5.74) is 0.771. The van der Waals surface area contributed by atoms with Gasteiger partial charge in [-0.05, 0) is 12.1 Å². The first-order chi connectivity index (χ1) is 9.18. The van der Waals surface area contributed by atoms with E-state index >= 15 is 0 Å². The average Bonchev–Trinajstić information content (AvgIpc) is 3.03. The highest BCUT2D eigenvalue weighted by Crippen LogP contribution is 2.23. The molecule has 0 spiro atoms. The Balaban J connectivity index is 1.78. The molecule has 0 aliphatic carbocycles. The molecular formula is C13H12N2O3S. The minimum Gasteiger partial charge on any atom is -0.331 e. The Morgan fingerprint density at radius 3 is 2.32 bits per heavy atom. The Bertz CT molecular complexity index is 532. The van der Waals surface area contributed by atoms with Gasteiger partial charge in [0.1, 0.15) is 6.54 Å². The highest BCUT2D eigenvalue weighted by molar-refractivity contribution is 7.99. The van der Waals surface area contributed by atoms with Crippen LogP contribution in [0.2, 0.25) is 0 Å². The summed E-state index contributed by atoms with van der Waals surface area (Å²) in [6, 6.07) is 6.66. The first-order valence-electron chi connectivity index (χ1n) is 5.99. The molecule has 0 bridgehead atoms. The topological polar surface area (TPSA) is 57.7 Å². The van der Waals surface area contributed by atoms with Gasteiger partial charge in [-0.25, -0.2) is 0 Å². The van der Waals surface area contributed by atoms with Gasteiger partial charge >= 0.3 is 0 Å². The van der Waals surface area contributed by atoms with Crippen molar-refractivity contribution in [2.45, 2.75) is 0 Å². The lowest BCUT2D eigenvalue weighted by atomic mass is 10.1. The second-order valence-electron chi connectivity index (χ2n) is 4.44. The van der Waals surface area contributed by atoms with Crippen LogP contribution in [0, 0.1) is 0 Å². The number of carbonyl (C=O) groups is 3. The lowest BCUT2D eigenvalue weighted by molar-refractivity contribution is -0.130. The van der Waals surface area contributed by atoms with Gasteiger partial charge in [0.05, 0.1) is 17.0 Å². The third kappa shape index (κ3) is 2.02. The predicted molar refractivity (Wildman–Crippen MR) is 70.8 cm³/mol. The van der Waals surface area contributed by atoms with Crippen LogP contribution >= 0.6 is 11.8 Å². The Hall–Kier alpha value is -1.82. The van der Waals surface area contributed by atoms with Gasteiger partial charge in [0, 0.05) is 12.3 Å². The highest BCUT2D eigenvalue weighted by atomic mass is 32.2. The molecular weight excluding hydrogens is 264 g/mol. The zero-order valence-corrected chi connectivity index (χ0v) is 11.0. The molecule has 1 aromatic rings. The van der Waals surface area contributed by atoms with Crippen LogP contribution in [0.15, 0.2) is 24.3 Å². The summed E-state index contributed by atoms with van der Waals surface area (Å²) >= 11 is 1.67. The Kier molecular flexibility index (Phi) is 3.02. The minimum atomic E-state index is -0.374. The second kappa shape index (κ2) is 4.70. The predicted octanol–water partition coefficient (Wildman–Crippen LogP) is 0.816. The molecule has 0 aromatic heterocycles. The number of benzene rings is 1. The van der Waals surface area contributed by atoms with E-state index in [0.717, 1.165) is 10.7 Å². The Labute approximate surface area is 114 Å². The summed E-state index contributed by atoms with van der Waals surface area (Å²) in [5, 5.41) is 0. The number of thioether (sulfide) groups is 1. The SMILES string of the molecule is O=C(CN1C(=O)c2ccccc2C1=O)N1CCSC1. The fourth-order valence-corrected chi connectivity index (χ4v) is 3.20. The standard InChI is InChI=1S/C13H12N2O3S/c16-11(14-5-6-19-8-14)7-15-12(17)9-3-1-2-4-10(9)13(15)18/h1-4H,5-8H2. The van der Waals surface area contributed by atoms with Crippen molar-refractivity contribution in [3.63, 3.8) is 0 Å². The largest absolute Gasteiger partial charge is 0.331 e. The Morgan fingerprint density at radius 2 is 1.79 bits per heavy atom. The zero-order chi connectivity index (χ0) is 13.4. The number of nitrogens with zero attached hydrogens (tertiary/aromatic N) is 2. The molecule has 98 valence electrons. The van der Waals surface area contributed by atoms with E-state index in [-0.39, 0.29) is 24.3 Å². The van der Waals surface area contributed by atoms with Gasteiger partial charge in [-0.2, -0.15) is 0 Å². The second-order valence-corrected chi connectivity index (χ2v) is 5.51. The maximum atomic E-state index is 12.1. The monoisotopic (exact) mass is 276 g/mol. The molecule has 0 unspecified atom stereocenters. The van der Waals surface area contributed by atoms with Crippen molar-refractivity contribution < 1.29 is 14.4 Å². The number of amides is 3. The highest BCUT2D eigenvalue weighted by Gasteiger charge is 2.37. The molecule has 2 heterocycles. The van der Waals surface area contributed by atoms with Gasteiger partial charge in [-0.1, -0.05) is 12.1 Å². The van der Waals surface area contributed by atoms with Crippen LogP contribution < -0.4 is 0 Å². The van der Waals surface area contributed by atoms with E-state index in [0.29, 0.717) is 23.5 Å². The van der Waals surface area contributed by atoms with E-state index in [9.17, 15) is 14.4 Å². The third-order valence-electron chi connectivity index (χ3n) is 3.28. The molecule has 0 radical (unpaired) electrons. The van der Waals surface area contributed by atoms with Gasteiger partial charge in [-0.3, -0.25) is 19.3 Å². The first kappa shape index (κ1) is 12.2. The third-order valence-corrected chi connectivity index (χ3v) is 4.24. The van der Waals surface area contributed by atoms with Crippen molar-refractivity contribution in [2.75, 3.05) is 24.7 Å². The molecule has 3 amide bonds. The zero-order valence-electron chi connectivity index (χ0n) is 10.2. The Morgan fingerprint density at radius 1 is 1.16 bits per heavy atom. The van der Waals surface area contributed by atoms with Crippen LogP contribution in [0.4, 0.5) is 0 Å². The number of rotatable bonds is 2. The molecule has 1 saturated heterocycles. The lowest BCUT2D eigenvalue weighted by Gasteiger charge is -2.18. The number of hydrogen-bond acceptors (Lipinski definition) is 4. The summed E-state index contributed by atoms with van der Waals surface area (Å²) in [6.45, 7) is 0.527. The molecule has 1 fully saturated rings. The van der Waals surface area contributed by atoms with Crippen molar-refractivity contribution in [1.82, 2.24) is 9.80 Å². The molecule has 0 N–H and O–H groups in total. The quantitative estimate of drug-likeness (QED) is 0.750. The molecule has 0 saturated carbocycles. The molecule has 2 aliphatic rings. The molecule has 2 aliphatic heterocycles. The maximum absolute atomic E-state index is 12.1. The van der Waals surface area contributed by atoms with Gasteiger partial charge < -0.3 is 4.90 Å². The molecule has 0 atom stereocenters. The van der Waals surface area contributed by atoms with Gasteiger partial charge in [0.25, 0.3) is 11.8 Å². The van der Waals surface area contributed by atoms with Crippen LogP contribution in [-0.4, -0.2) is 52.2 Å². The average molecular weight is 276 g/mol. The van der Waals surface area contributed by atoms with E-state index in [1.807, 2.05) is 0 Å². The molecule has 3 rings (SSSR count). The van der Waals surface area contributed by atoms with Gasteiger partial charge in [0.15, 0.2) is 0 Å². The smallest absolute Gasteiger partial charge is 0.262 e. The summed E-state index contributed by atoms with van der Waals surface area (Å²) in [5.74, 6) is 0.636. The van der Waals surface area contributed by atoms with E-state index < -0.39 is 0 Å². The molecule has 6 heteroatoms.